The zero-order chi connectivity index (χ0) is 20.5. The first-order valence-corrected chi connectivity index (χ1v) is 9.95. The van der Waals surface area contributed by atoms with Gasteiger partial charge in [-0.05, 0) is 60.9 Å². The Morgan fingerprint density at radius 1 is 1.00 bits per heavy atom. The van der Waals surface area contributed by atoms with Gasteiger partial charge in [-0.2, -0.15) is 0 Å². The van der Waals surface area contributed by atoms with E-state index >= 15 is 0 Å². The summed E-state index contributed by atoms with van der Waals surface area (Å²) in [4.78, 5) is 40.2. The number of hydrogen-bond acceptors (Lipinski definition) is 4. The van der Waals surface area contributed by atoms with Crippen LogP contribution in [0.3, 0.4) is 0 Å². The van der Waals surface area contributed by atoms with Gasteiger partial charge in [0.05, 0.1) is 11.4 Å². The van der Waals surface area contributed by atoms with E-state index in [-0.39, 0.29) is 5.57 Å². The van der Waals surface area contributed by atoms with E-state index in [0.29, 0.717) is 16.9 Å². The molecule has 2 aromatic rings. The molecular formula is C21H17BrFN3O3. The number of halogens is 2. The van der Waals surface area contributed by atoms with Gasteiger partial charge in [-0.1, -0.05) is 22.0 Å². The van der Waals surface area contributed by atoms with Crippen molar-refractivity contribution in [1.29, 1.82) is 0 Å². The molecule has 0 spiro atoms. The summed E-state index contributed by atoms with van der Waals surface area (Å²) in [6.07, 6.45) is 3.35. The van der Waals surface area contributed by atoms with E-state index in [9.17, 15) is 18.8 Å². The topological polar surface area (TPSA) is 69.7 Å². The molecule has 1 N–H and O–H groups in total. The molecule has 6 nitrogen and oxygen atoms in total. The van der Waals surface area contributed by atoms with Gasteiger partial charge in [0.25, 0.3) is 11.8 Å². The van der Waals surface area contributed by atoms with Crippen molar-refractivity contribution < 1.29 is 18.8 Å². The molecular weight excluding hydrogens is 441 g/mol. The smallest absolute Gasteiger partial charge is 0.335 e. The van der Waals surface area contributed by atoms with E-state index in [1.807, 2.05) is 4.90 Å². The standard InChI is InChI=1S/C21H17BrFN3O3/c22-14-4-6-15(7-5-14)26-20(28)16(19(27)24-21(26)29)11-13-3-8-18(17(23)12-13)25-9-1-2-10-25/h3-8,11-12H,1-2,9-10H2,(H,24,27,29)/b16-11+. The van der Waals surface area contributed by atoms with Crippen molar-refractivity contribution in [2.45, 2.75) is 12.8 Å². The lowest BCUT2D eigenvalue weighted by atomic mass is 10.1. The van der Waals surface area contributed by atoms with Crippen molar-refractivity contribution in [1.82, 2.24) is 5.32 Å². The summed E-state index contributed by atoms with van der Waals surface area (Å²) in [5.74, 6) is -1.98. The Morgan fingerprint density at radius 2 is 1.69 bits per heavy atom. The molecule has 8 heteroatoms. The van der Waals surface area contributed by atoms with Gasteiger partial charge in [0, 0.05) is 17.6 Å². The first-order chi connectivity index (χ1) is 13.9. The molecule has 4 rings (SSSR count). The minimum atomic E-state index is -0.824. The number of imide groups is 2. The third kappa shape index (κ3) is 3.80. The second kappa shape index (κ2) is 7.79. The number of carbonyl (C=O) groups excluding carboxylic acids is 3. The summed E-state index contributed by atoms with van der Waals surface area (Å²) in [6, 6.07) is 10.3. The third-order valence-electron chi connectivity index (χ3n) is 4.92. The highest BCUT2D eigenvalue weighted by molar-refractivity contribution is 9.10. The van der Waals surface area contributed by atoms with Gasteiger partial charge in [0.2, 0.25) is 0 Å². The highest BCUT2D eigenvalue weighted by Crippen LogP contribution is 2.27. The average Bonchev–Trinajstić information content (AvgIpc) is 3.21. The minimum Gasteiger partial charge on any atom is -0.369 e. The van der Waals surface area contributed by atoms with E-state index in [1.54, 1.807) is 36.4 Å². The molecule has 0 bridgehead atoms. The van der Waals surface area contributed by atoms with Gasteiger partial charge in [-0.3, -0.25) is 14.9 Å². The number of barbiturate groups is 1. The van der Waals surface area contributed by atoms with Crippen LogP contribution in [0.4, 0.5) is 20.6 Å². The first kappa shape index (κ1) is 19.3. The lowest BCUT2D eigenvalue weighted by Gasteiger charge is -2.26. The molecule has 29 heavy (non-hydrogen) atoms. The van der Waals surface area contributed by atoms with Crippen LogP contribution < -0.4 is 15.1 Å². The SMILES string of the molecule is O=C1NC(=O)N(c2ccc(Br)cc2)C(=O)/C1=C/c1ccc(N2CCCC2)c(F)c1. The minimum absolute atomic E-state index is 0.235. The quantitative estimate of drug-likeness (QED) is 0.561. The molecule has 0 radical (unpaired) electrons. The van der Waals surface area contributed by atoms with Gasteiger partial charge in [0.15, 0.2) is 0 Å². The predicted octanol–water partition coefficient (Wildman–Crippen LogP) is 3.85. The zero-order valence-electron chi connectivity index (χ0n) is 15.3. The summed E-state index contributed by atoms with van der Waals surface area (Å²) in [5, 5.41) is 2.16. The van der Waals surface area contributed by atoms with Crippen LogP contribution in [-0.4, -0.2) is 30.9 Å². The maximum absolute atomic E-state index is 14.6. The molecule has 0 aliphatic carbocycles. The fraction of sp³-hybridized carbons (Fsp3) is 0.190. The van der Waals surface area contributed by atoms with Crippen LogP contribution >= 0.6 is 15.9 Å². The highest BCUT2D eigenvalue weighted by atomic mass is 79.9. The van der Waals surface area contributed by atoms with Crippen LogP contribution in [0, 0.1) is 5.82 Å². The van der Waals surface area contributed by atoms with E-state index in [2.05, 4.69) is 21.2 Å². The van der Waals surface area contributed by atoms with Crippen molar-refractivity contribution in [3.63, 3.8) is 0 Å². The lowest BCUT2D eigenvalue weighted by Crippen LogP contribution is -2.54. The normalized spacial score (nSPS) is 18.6. The monoisotopic (exact) mass is 457 g/mol. The molecule has 0 saturated carbocycles. The number of urea groups is 1. The lowest BCUT2D eigenvalue weighted by molar-refractivity contribution is -0.122. The van der Waals surface area contributed by atoms with Gasteiger partial charge >= 0.3 is 6.03 Å². The van der Waals surface area contributed by atoms with Gasteiger partial charge < -0.3 is 4.90 Å². The van der Waals surface area contributed by atoms with Gasteiger partial charge in [0.1, 0.15) is 11.4 Å². The Balaban J connectivity index is 1.65. The van der Waals surface area contributed by atoms with E-state index in [0.717, 1.165) is 35.3 Å². The Bertz CT molecular complexity index is 1030. The summed E-state index contributed by atoms with van der Waals surface area (Å²) in [7, 11) is 0. The summed E-state index contributed by atoms with van der Waals surface area (Å²) in [6.45, 7) is 1.62. The van der Waals surface area contributed by atoms with Crippen LogP contribution in [0.1, 0.15) is 18.4 Å². The number of carbonyl (C=O) groups is 3. The van der Waals surface area contributed by atoms with Crippen molar-refractivity contribution >= 4 is 51.2 Å². The summed E-state index contributed by atoms with van der Waals surface area (Å²) in [5.41, 5.74) is 0.968. The van der Waals surface area contributed by atoms with E-state index in [4.69, 9.17) is 0 Å². The fourth-order valence-electron chi connectivity index (χ4n) is 3.48. The van der Waals surface area contributed by atoms with Crippen molar-refractivity contribution in [2.24, 2.45) is 0 Å². The molecule has 2 aromatic carbocycles. The fourth-order valence-corrected chi connectivity index (χ4v) is 3.74. The number of hydrogen-bond donors (Lipinski definition) is 1. The number of amides is 4. The van der Waals surface area contributed by atoms with Gasteiger partial charge in [-0.25, -0.2) is 14.1 Å². The van der Waals surface area contributed by atoms with E-state index < -0.39 is 23.7 Å². The van der Waals surface area contributed by atoms with E-state index in [1.165, 1.54) is 12.1 Å². The first-order valence-electron chi connectivity index (χ1n) is 9.15. The summed E-state index contributed by atoms with van der Waals surface area (Å²) >= 11 is 3.29. The molecule has 2 aliphatic heterocycles. The Labute approximate surface area is 175 Å². The molecule has 2 aliphatic rings. The number of anilines is 2. The van der Waals surface area contributed by atoms with Crippen molar-refractivity contribution in [3.8, 4) is 0 Å². The van der Waals surface area contributed by atoms with Crippen molar-refractivity contribution in [2.75, 3.05) is 22.9 Å². The molecule has 4 amide bonds. The molecule has 0 unspecified atom stereocenters. The number of nitrogens with zero attached hydrogens (tertiary/aromatic N) is 2. The maximum Gasteiger partial charge on any atom is 0.335 e. The molecule has 0 atom stereocenters. The molecule has 2 heterocycles. The molecule has 2 saturated heterocycles. The Hall–Kier alpha value is -3.00. The second-order valence-electron chi connectivity index (χ2n) is 6.84. The zero-order valence-corrected chi connectivity index (χ0v) is 16.9. The number of rotatable bonds is 3. The van der Waals surface area contributed by atoms with Crippen LogP contribution in [0.2, 0.25) is 0 Å². The second-order valence-corrected chi connectivity index (χ2v) is 7.75. The number of nitrogens with one attached hydrogen (secondary N) is 1. The third-order valence-corrected chi connectivity index (χ3v) is 5.44. The Morgan fingerprint density at radius 3 is 2.34 bits per heavy atom. The van der Waals surface area contributed by atoms with Crippen LogP contribution in [0.15, 0.2) is 52.5 Å². The predicted molar refractivity (Wildman–Crippen MR) is 111 cm³/mol. The molecule has 148 valence electrons. The van der Waals surface area contributed by atoms with Gasteiger partial charge in [-0.15, -0.1) is 0 Å². The van der Waals surface area contributed by atoms with Crippen LogP contribution in [-0.2, 0) is 9.59 Å². The van der Waals surface area contributed by atoms with Crippen molar-refractivity contribution in [3.05, 3.63) is 63.9 Å². The maximum atomic E-state index is 14.6. The summed E-state index contributed by atoms with van der Waals surface area (Å²) < 4.78 is 15.4. The Kier molecular flexibility index (Phi) is 5.19. The van der Waals surface area contributed by atoms with Crippen LogP contribution in [0.5, 0.6) is 0 Å². The average molecular weight is 458 g/mol. The molecule has 2 fully saturated rings. The highest BCUT2D eigenvalue weighted by Gasteiger charge is 2.36. The number of benzene rings is 2. The van der Waals surface area contributed by atoms with Crippen LogP contribution in [0.25, 0.3) is 6.08 Å². The molecule has 0 aromatic heterocycles. The largest absolute Gasteiger partial charge is 0.369 e.